The molecule has 21 heavy (non-hydrogen) atoms. The van der Waals surface area contributed by atoms with Crippen LogP contribution in [0.25, 0.3) is 0 Å². The quantitative estimate of drug-likeness (QED) is 0.815. The maximum absolute atomic E-state index is 12.2. The second-order valence-electron chi connectivity index (χ2n) is 6.84. The third-order valence-corrected chi connectivity index (χ3v) is 3.82. The van der Waals surface area contributed by atoms with Crippen LogP contribution in [0.3, 0.4) is 0 Å². The van der Waals surface area contributed by atoms with Gasteiger partial charge in [0.2, 0.25) is 0 Å². The van der Waals surface area contributed by atoms with Crippen molar-refractivity contribution < 1.29 is 19.4 Å². The lowest BCUT2D eigenvalue weighted by Gasteiger charge is -2.33. The molecule has 1 aliphatic heterocycles. The molecule has 2 unspecified atom stereocenters. The average molecular weight is 300 g/mol. The van der Waals surface area contributed by atoms with Gasteiger partial charge in [0, 0.05) is 26.2 Å². The van der Waals surface area contributed by atoms with Gasteiger partial charge in [0.1, 0.15) is 0 Å². The summed E-state index contributed by atoms with van der Waals surface area (Å²) in [5, 5.41) is 11.8. The summed E-state index contributed by atoms with van der Waals surface area (Å²) >= 11 is 0. The van der Waals surface area contributed by atoms with Crippen LogP contribution in [0.5, 0.6) is 0 Å². The van der Waals surface area contributed by atoms with Gasteiger partial charge in [0.15, 0.2) is 0 Å². The second-order valence-corrected chi connectivity index (χ2v) is 6.84. The van der Waals surface area contributed by atoms with Crippen molar-refractivity contribution >= 4 is 12.0 Å². The summed E-state index contributed by atoms with van der Waals surface area (Å²) in [4.78, 5) is 24.7. The SMILES string of the molecule is CN(CC1CCCCO1)C(=O)NC(CC(=O)O)C(C)(C)C. The average Bonchev–Trinajstić information content (AvgIpc) is 2.37. The van der Waals surface area contributed by atoms with Crippen molar-refractivity contribution in [3.05, 3.63) is 0 Å². The molecule has 2 atom stereocenters. The summed E-state index contributed by atoms with van der Waals surface area (Å²) in [5.41, 5.74) is -0.309. The first-order valence-corrected chi connectivity index (χ1v) is 7.55. The van der Waals surface area contributed by atoms with Gasteiger partial charge in [0.05, 0.1) is 12.5 Å². The molecule has 122 valence electrons. The molecule has 0 aliphatic carbocycles. The van der Waals surface area contributed by atoms with Gasteiger partial charge in [-0.25, -0.2) is 4.79 Å². The molecule has 2 N–H and O–H groups in total. The molecule has 0 aromatic carbocycles. The number of rotatable bonds is 5. The fourth-order valence-corrected chi connectivity index (χ4v) is 2.35. The summed E-state index contributed by atoms with van der Waals surface area (Å²) in [5.74, 6) is -0.909. The van der Waals surface area contributed by atoms with Crippen LogP contribution in [0.15, 0.2) is 0 Å². The Morgan fingerprint density at radius 3 is 2.52 bits per heavy atom. The number of nitrogens with one attached hydrogen (secondary N) is 1. The summed E-state index contributed by atoms with van der Waals surface area (Å²) in [7, 11) is 1.72. The van der Waals surface area contributed by atoms with Gasteiger partial charge in [-0.05, 0) is 24.7 Å². The first kappa shape index (κ1) is 17.8. The molecular formula is C15H28N2O4. The molecular weight excluding hydrogens is 272 g/mol. The van der Waals surface area contributed by atoms with E-state index in [1.165, 1.54) is 0 Å². The minimum atomic E-state index is -0.909. The van der Waals surface area contributed by atoms with E-state index in [4.69, 9.17) is 9.84 Å². The molecule has 1 fully saturated rings. The molecule has 6 heteroatoms. The number of aliphatic carboxylic acids is 1. The highest BCUT2D eigenvalue weighted by molar-refractivity contribution is 5.75. The number of hydrogen-bond donors (Lipinski definition) is 2. The number of amides is 2. The lowest BCUT2D eigenvalue weighted by Crippen LogP contribution is -2.51. The zero-order chi connectivity index (χ0) is 16.0. The van der Waals surface area contributed by atoms with Gasteiger partial charge >= 0.3 is 12.0 Å². The number of ether oxygens (including phenoxy) is 1. The van der Waals surface area contributed by atoms with Crippen LogP contribution in [-0.4, -0.2) is 54.4 Å². The largest absolute Gasteiger partial charge is 0.481 e. The van der Waals surface area contributed by atoms with E-state index in [0.29, 0.717) is 6.54 Å². The molecule has 0 saturated carbocycles. The normalized spacial score (nSPS) is 20.7. The van der Waals surface area contributed by atoms with Crippen LogP contribution >= 0.6 is 0 Å². The van der Waals surface area contributed by atoms with Gasteiger partial charge in [-0.2, -0.15) is 0 Å². The number of likely N-dealkylation sites (N-methyl/N-ethyl adjacent to an activating group) is 1. The number of carbonyl (C=O) groups excluding carboxylic acids is 1. The Morgan fingerprint density at radius 1 is 1.38 bits per heavy atom. The number of carbonyl (C=O) groups is 2. The van der Waals surface area contributed by atoms with Crippen molar-refractivity contribution in [1.29, 1.82) is 0 Å². The van der Waals surface area contributed by atoms with Gasteiger partial charge in [0.25, 0.3) is 0 Å². The lowest BCUT2D eigenvalue weighted by atomic mass is 9.85. The summed E-state index contributed by atoms with van der Waals surface area (Å²) in [6, 6.07) is -0.650. The molecule has 1 rings (SSSR count). The van der Waals surface area contributed by atoms with E-state index in [9.17, 15) is 9.59 Å². The third kappa shape index (κ3) is 6.33. The minimum Gasteiger partial charge on any atom is -0.481 e. The number of carboxylic acid groups (broad SMARTS) is 1. The van der Waals surface area contributed by atoms with E-state index in [1.54, 1.807) is 11.9 Å². The Bertz CT molecular complexity index is 359. The molecule has 2 amide bonds. The Kier molecular flexibility index (Phi) is 6.45. The van der Waals surface area contributed by atoms with Gasteiger partial charge in [-0.15, -0.1) is 0 Å². The Labute approximate surface area is 126 Å². The van der Waals surface area contributed by atoms with Crippen molar-refractivity contribution in [2.24, 2.45) is 5.41 Å². The zero-order valence-electron chi connectivity index (χ0n) is 13.5. The number of urea groups is 1. The molecule has 1 aliphatic rings. The summed E-state index contributed by atoms with van der Waals surface area (Å²) in [6.45, 7) is 7.06. The first-order chi connectivity index (χ1) is 9.70. The minimum absolute atomic E-state index is 0.0803. The van der Waals surface area contributed by atoms with E-state index < -0.39 is 12.0 Å². The molecule has 6 nitrogen and oxygen atoms in total. The maximum Gasteiger partial charge on any atom is 0.317 e. The van der Waals surface area contributed by atoms with Crippen LogP contribution in [0.4, 0.5) is 4.79 Å². The Balaban J connectivity index is 2.53. The number of carboxylic acids is 1. The van der Waals surface area contributed by atoms with Gasteiger partial charge in [-0.3, -0.25) is 4.79 Å². The van der Waals surface area contributed by atoms with Crippen molar-refractivity contribution in [3.8, 4) is 0 Å². The van der Waals surface area contributed by atoms with Crippen molar-refractivity contribution in [1.82, 2.24) is 10.2 Å². The standard InChI is InChI=1S/C15H28N2O4/c1-15(2,3)12(9-13(18)19)16-14(20)17(4)10-11-7-5-6-8-21-11/h11-12H,5-10H2,1-4H3,(H,16,20)(H,18,19). The number of hydrogen-bond acceptors (Lipinski definition) is 3. The number of nitrogens with zero attached hydrogens (tertiary/aromatic N) is 1. The predicted octanol–water partition coefficient (Wildman–Crippen LogP) is 2.09. The fraction of sp³-hybridized carbons (Fsp3) is 0.867. The zero-order valence-corrected chi connectivity index (χ0v) is 13.5. The van der Waals surface area contributed by atoms with E-state index in [2.05, 4.69) is 5.32 Å². The summed E-state index contributed by atoms with van der Waals surface area (Å²) in [6.07, 6.45) is 3.18. The van der Waals surface area contributed by atoms with Crippen LogP contribution in [0.1, 0.15) is 46.5 Å². The van der Waals surface area contributed by atoms with E-state index in [0.717, 1.165) is 25.9 Å². The summed E-state index contributed by atoms with van der Waals surface area (Å²) < 4.78 is 5.62. The topological polar surface area (TPSA) is 78.9 Å². The lowest BCUT2D eigenvalue weighted by molar-refractivity contribution is -0.138. The van der Waals surface area contributed by atoms with Crippen LogP contribution in [0, 0.1) is 5.41 Å². The van der Waals surface area contributed by atoms with Gasteiger partial charge in [-0.1, -0.05) is 20.8 Å². The van der Waals surface area contributed by atoms with Gasteiger partial charge < -0.3 is 20.1 Å². The molecule has 0 radical (unpaired) electrons. The van der Waals surface area contributed by atoms with Crippen molar-refractivity contribution in [2.45, 2.75) is 58.6 Å². The third-order valence-electron chi connectivity index (χ3n) is 3.82. The molecule has 0 aromatic heterocycles. The maximum atomic E-state index is 12.2. The van der Waals surface area contributed by atoms with E-state index in [-0.39, 0.29) is 24.0 Å². The molecule has 0 bridgehead atoms. The molecule has 1 heterocycles. The Hall–Kier alpha value is -1.30. The Morgan fingerprint density at radius 2 is 2.05 bits per heavy atom. The van der Waals surface area contributed by atoms with Crippen molar-refractivity contribution in [3.63, 3.8) is 0 Å². The van der Waals surface area contributed by atoms with E-state index >= 15 is 0 Å². The predicted molar refractivity (Wildman–Crippen MR) is 80.2 cm³/mol. The molecule has 0 aromatic rings. The molecule has 0 spiro atoms. The highest BCUT2D eigenvalue weighted by Crippen LogP contribution is 2.22. The highest BCUT2D eigenvalue weighted by Gasteiger charge is 2.30. The van der Waals surface area contributed by atoms with Crippen LogP contribution in [-0.2, 0) is 9.53 Å². The highest BCUT2D eigenvalue weighted by atomic mass is 16.5. The second kappa shape index (κ2) is 7.64. The van der Waals surface area contributed by atoms with E-state index in [1.807, 2.05) is 20.8 Å². The monoisotopic (exact) mass is 300 g/mol. The molecule has 1 saturated heterocycles. The fourth-order valence-electron chi connectivity index (χ4n) is 2.35. The van der Waals surface area contributed by atoms with Crippen LogP contribution in [0.2, 0.25) is 0 Å². The first-order valence-electron chi connectivity index (χ1n) is 7.55. The van der Waals surface area contributed by atoms with Crippen molar-refractivity contribution in [2.75, 3.05) is 20.2 Å². The van der Waals surface area contributed by atoms with Crippen LogP contribution < -0.4 is 5.32 Å². The smallest absolute Gasteiger partial charge is 0.317 e.